The Balaban J connectivity index is 3.86. The van der Waals surface area contributed by atoms with E-state index in [1.165, 1.54) is 0 Å². The van der Waals surface area contributed by atoms with Crippen molar-refractivity contribution in [2.45, 2.75) is 12.5 Å². The number of carbonyl (C=O) groups is 2. The molecule has 0 aromatic heterocycles. The summed E-state index contributed by atoms with van der Waals surface area (Å²) < 4.78 is 21.5. The lowest BCUT2D eigenvalue weighted by molar-refractivity contribution is -0.149. The second-order valence-corrected chi connectivity index (χ2v) is 5.43. The van der Waals surface area contributed by atoms with E-state index in [9.17, 15) is 18.0 Å². The van der Waals surface area contributed by atoms with Gasteiger partial charge in [-0.15, -0.1) is 0 Å². The van der Waals surface area contributed by atoms with Gasteiger partial charge in [-0.2, -0.15) is 0 Å². The molecule has 0 heterocycles. The number of carbonyl (C=O) groups excluding carboxylic acids is 1. The molecule has 16 heavy (non-hydrogen) atoms. The summed E-state index contributed by atoms with van der Waals surface area (Å²) in [6, 6.07) is -1.05. The van der Waals surface area contributed by atoms with E-state index < -0.39 is 34.4 Å². The van der Waals surface area contributed by atoms with Gasteiger partial charge in [0.2, 0.25) is 0 Å². The number of hydrogen-bond donors (Lipinski definition) is 3. The SMILES string of the molecule is CS(=O)(=O)CCC(N)C(=O)NOCC(=O)O. The molecule has 9 heteroatoms. The maximum Gasteiger partial charge on any atom is 0.332 e. The van der Waals surface area contributed by atoms with Crippen LogP contribution in [0, 0.1) is 0 Å². The molecule has 0 saturated heterocycles. The number of carboxylic acid groups (broad SMARTS) is 1. The van der Waals surface area contributed by atoms with Crippen LogP contribution in [0.1, 0.15) is 6.42 Å². The van der Waals surface area contributed by atoms with Crippen LogP contribution in [0.15, 0.2) is 0 Å². The molecule has 0 saturated carbocycles. The number of nitrogens with two attached hydrogens (primary N) is 1. The van der Waals surface area contributed by atoms with E-state index in [1.54, 1.807) is 0 Å². The highest BCUT2D eigenvalue weighted by Crippen LogP contribution is 1.93. The Labute approximate surface area is 92.6 Å². The van der Waals surface area contributed by atoms with Crippen molar-refractivity contribution >= 4 is 21.7 Å². The third-order valence-corrected chi connectivity index (χ3v) is 2.48. The first-order valence-electron chi connectivity index (χ1n) is 4.29. The van der Waals surface area contributed by atoms with Crippen LogP contribution in [0.2, 0.25) is 0 Å². The highest BCUT2D eigenvalue weighted by molar-refractivity contribution is 7.90. The average Bonchev–Trinajstić information content (AvgIpc) is 2.12. The van der Waals surface area contributed by atoms with Gasteiger partial charge in [0.25, 0.3) is 5.91 Å². The minimum absolute atomic E-state index is 0.0545. The lowest BCUT2D eigenvalue weighted by Gasteiger charge is -2.10. The summed E-state index contributed by atoms with van der Waals surface area (Å²) in [5.41, 5.74) is 7.15. The molecule has 94 valence electrons. The number of carboxylic acids is 1. The third-order valence-electron chi connectivity index (χ3n) is 1.50. The normalized spacial score (nSPS) is 13.1. The second-order valence-electron chi connectivity index (χ2n) is 3.17. The smallest absolute Gasteiger partial charge is 0.332 e. The van der Waals surface area contributed by atoms with Gasteiger partial charge in [-0.05, 0) is 6.42 Å². The number of nitrogens with one attached hydrogen (secondary N) is 1. The lowest BCUT2D eigenvalue weighted by atomic mass is 10.2. The van der Waals surface area contributed by atoms with Crippen molar-refractivity contribution in [1.82, 2.24) is 5.48 Å². The highest BCUT2D eigenvalue weighted by atomic mass is 32.2. The molecule has 0 aliphatic rings. The predicted molar refractivity (Wildman–Crippen MR) is 54.0 cm³/mol. The third kappa shape index (κ3) is 8.15. The molecule has 0 bridgehead atoms. The van der Waals surface area contributed by atoms with E-state index in [0.29, 0.717) is 0 Å². The van der Waals surface area contributed by atoms with Crippen LogP contribution in [0.25, 0.3) is 0 Å². The van der Waals surface area contributed by atoms with Crippen molar-refractivity contribution in [2.24, 2.45) is 5.73 Å². The fourth-order valence-corrected chi connectivity index (χ4v) is 1.40. The van der Waals surface area contributed by atoms with Crippen LogP contribution in [0.5, 0.6) is 0 Å². The molecule has 0 aromatic rings. The first-order chi connectivity index (χ1) is 7.22. The Hall–Kier alpha value is -1.19. The Morgan fingerprint density at radius 1 is 1.50 bits per heavy atom. The molecule has 0 aromatic carbocycles. The summed E-state index contributed by atoms with van der Waals surface area (Å²) in [6.45, 7) is -0.690. The average molecular weight is 254 g/mol. The van der Waals surface area contributed by atoms with Gasteiger partial charge in [-0.25, -0.2) is 18.7 Å². The van der Waals surface area contributed by atoms with Crippen molar-refractivity contribution in [3.8, 4) is 0 Å². The van der Waals surface area contributed by atoms with Gasteiger partial charge < -0.3 is 10.8 Å². The standard InChI is InChI=1S/C7H14N2O6S/c1-16(13,14)3-2-5(8)7(12)9-15-4-6(10)11/h5H,2-4,8H2,1H3,(H,9,12)(H,10,11). The summed E-state index contributed by atoms with van der Waals surface area (Å²) in [5, 5.41) is 8.19. The molecule has 0 aliphatic carbocycles. The van der Waals surface area contributed by atoms with Crippen LogP contribution in [0.4, 0.5) is 0 Å². The Morgan fingerprint density at radius 2 is 2.06 bits per heavy atom. The van der Waals surface area contributed by atoms with Crippen molar-refractivity contribution in [3.63, 3.8) is 0 Å². The van der Waals surface area contributed by atoms with Gasteiger partial charge in [0.05, 0.1) is 11.8 Å². The molecule has 0 radical (unpaired) electrons. The topological polar surface area (TPSA) is 136 Å². The van der Waals surface area contributed by atoms with E-state index in [-0.39, 0.29) is 12.2 Å². The molecule has 1 amide bonds. The summed E-state index contributed by atoms with van der Waals surface area (Å²) in [6.07, 6.45) is 0.972. The maximum absolute atomic E-state index is 11.1. The molecular formula is C7H14N2O6S. The van der Waals surface area contributed by atoms with Crippen molar-refractivity contribution in [2.75, 3.05) is 18.6 Å². The molecule has 1 unspecified atom stereocenters. The lowest BCUT2D eigenvalue weighted by Crippen LogP contribution is -2.42. The van der Waals surface area contributed by atoms with Gasteiger partial charge in [-0.1, -0.05) is 0 Å². The van der Waals surface area contributed by atoms with E-state index in [0.717, 1.165) is 6.26 Å². The van der Waals surface area contributed by atoms with Crippen LogP contribution >= 0.6 is 0 Å². The number of aliphatic carboxylic acids is 1. The van der Waals surface area contributed by atoms with E-state index >= 15 is 0 Å². The van der Waals surface area contributed by atoms with Crippen molar-refractivity contribution < 1.29 is 28.0 Å². The number of rotatable bonds is 7. The van der Waals surface area contributed by atoms with Crippen LogP contribution < -0.4 is 11.2 Å². The zero-order chi connectivity index (χ0) is 12.8. The summed E-state index contributed by atoms with van der Waals surface area (Å²) in [5.74, 6) is -2.23. The zero-order valence-electron chi connectivity index (χ0n) is 8.67. The Kier molecular flexibility index (Phi) is 5.93. The van der Waals surface area contributed by atoms with Gasteiger partial charge in [0.15, 0.2) is 6.61 Å². The molecule has 0 rings (SSSR count). The number of hydrogen-bond acceptors (Lipinski definition) is 6. The molecular weight excluding hydrogens is 240 g/mol. The fourth-order valence-electron chi connectivity index (χ4n) is 0.717. The van der Waals surface area contributed by atoms with Gasteiger partial charge in [0, 0.05) is 6.26 Å². The minimum Gasteiger partial charge on any atom is -0.479 e. The first-order valence-corrected chi connectivity index (χ1v) is 6.35. The second kappa shape index (κ2) is 6.40. The molecule has 0 aliphatic heterocycles. The number of sulfone groups is 1. The Morgan fingerprint density at radius 3 is 2.50 bits per heavy atom. The summed E-state index contributed by atoms with van der Waals surface area (Å²) in [4.78, 5) is 25.4. The summed E-state index contributed by atoms with van der Waals surface area (Å²) >= 11 is 0. The van der Waals surface area contributed by atoms with Gasteiger partial charge in [-0.3, -0.25) is 9.63 Å². The van der Waals surface area contributed by atoms with Gasteiger partial charge in [0.1, 0.15) is 9.84 Å². The molecule has 0 fully saturated rings. The largest absolute Gasteiger partial charge is 0.479 e. The van der Waals surface area contributed by atoms with Crippen LogP contribution in [0.3, 0.4) is 0 Å². The molecule has 1 atom stereocenters. The first kappa shape index (κ1) is 14.8. The quantitative estimate of drug-likeness (QED) is 0.442. The highest BCUT2D eigenvalue weighted by Gasteiger charge is 2.16. The predicted octanol–water partition coefficient (Wildman–Crippen LogP) is -2.12. The molecule has 4 N–H and O–H groups in total. The fraction of sp³-hybridized carbons (Fsp3) is 0.714. The van der Waals surface area contributed by atoms with E-state index in [2.05, 4.69) is 4.84 Å². The maximum atomic E-state index is 11.1. The van der Waals surface area contributed by atoms with E-state index in [1.807, 2.05) is 5.48 Å². The van der Waals surface area contributed by atoms with Crippen molar-refractivity contribution in [3.05, 3.63) is 0 Å². The molecule has 8 nitrogen and oxygen atoms in total. The zero-order valence-corrected chi connectivity index (χ0v) is 9.49. The van der Waals surface area contributed by atoms with Crippen molar-refractivity contribution in [1.29, 1.82) is 0 Å². The number of amides is 1. The van der Waals surface area contributed by atoms with Crippen LogP contribution in [-0.2, 0) is 24.3 Å². The number of hydroxylamine groups is 1. The summed E-state index contributed by atoms with van der Waals surface area (Å²) in [7, 11) is -3.18. The minimum atomic E-state index is -3.18. The Bertz CT molecular complexity index is 352. The molecule has 0 spiro atoms. The monoisotopic (exact) mass is 254 g/mol. The van der Waals surface area contributed by atoms with E-state index in [4.69, 9.17) is 10.8 Å². The van der Waals surface area contributed by atoms with Gasteiger partial charge >= 0.3 is 5.97 Å². The van der Waals surface area contributed by atoms with Crippen LogP contribution in [-0.4, -0.2) is 50.1 Å².